The Bertz CT molecular complexity index is 721. The van der Waals surface area contributed by atoms with Crippen molar-refractivity contribution in [3.63, 3.8) is 0 Å². The second-order valence-corrected chi connectivity index (χ2v) is 5.52. The average Bonchev–Trinajstić information content (AvgIpc) is 2.40. The minimum Gasteiger partial charge on any atom is -0.300 e. The van der Waals surface area contributed by atoms with Crippen molar-refractivity contribution in [1.29, 1.82) is 0 Å². The van der Waals surface area contributed by atoms with Gasteiger partial charge in [-0.2, -0.15) is 0 Å². The van der Waals surface area contributed by atoms with Crippen molar-refractivity contribution in [2.24, 2.45) is 14.1 Å². The lowest BCUT2D eigenvalue weighted by atomic mass is 10.4. The summed E-state index contributed by atoms with van der Waals surface area (Å²) in [4.78, 5) is 24.3. The number of benzene rings is 1. The molecule has 1 heterocycles. The highest BCUT2D eigenvalue weighted by Gasteiger charge is 2.07. The molecule has 0 amide bonds. The molecule has 0 bridgehead atoms. The molecule has 0 unspecified atom stereocenters. The Hall–Kier alpha value is -1.46. The number of halogens is 1. The highest BCUT2D eigenvalue weighted by molar-refractivity contribution is 7.98. The summed E-state index contributed by atoms with van der Waals surface area (Å²) in [6.45, 7) is 0. The Kier molecular flexibility index (Phi) is 4.17. The van der Waals surface area contributed by atoms with Gasteiger partial charge in [0, 0.05) is 36.5 Å². The first-order valence-electron chi connectivity index (χ1n) is 5.64. The monoisotopic (exact) mass is 296 g/mol. The van der Waals surface area contributed by atoms with Gasteiger partial charge in [0.05, 0.1) is 5.02 Å². The first-order valence-corrected chi connectivity index (χ1v) is 7.00. The van der Waals surface area contributed by atoms with Crippen LogP contribution in [-0.4, -0.2) is 9.13 Å². The lowest BCUT2D eigenvalue weighted by Gasteiger charge is -2.09. The molecule has 0 saturated carbocycles. The Morgan fingerprint density at radius 1 is 1.16 bits per heavy atom. The third-order valence-electron chi connectivity index (χ3n) is 2.84. The zero-order chi connectivity index (χ0) is 14.0. The predicted octanol–water partition coefficient (Wildman–Crippen LogP) is 2.03. The van der Waals surface area contributed by atoms with Gasteiger partial charge < -0.3 is 0 Å². The largest absolute Gasteiger partial charge is 0.330 e. The summed E-state index contributed by atoms with van der Waals surface area (Å²) >= 11 is 7.56. The molecule has 0 saturated heterocycles. The molecule has 0 fully saturated rings. The zero-order valence-corrected chi connectivity index (χ0v) is 12.2. The van der Waals surface area contributed by atoms with E-state index < -0.39 is 0 Å². The first-order chi connectivity index (χ1) is 9.00. The fourth-order valence-electron chi connectivity index (χ4n) is 1.63. The lowest BCUT2D eigenvalue weighted by Crippen LogP contribution is -2.37. The van der Waals surface area contributed by atoms with E-state index in [4.69, 9.17) is 11.6 Å². The van der Waals surface area contributed by atoms with E-state index in [1.807, 2.05) is 24.3 Å². The molecule has 1 aromatic heterocycles. The van der Waals surface area contributed by atoms with Gasteiger partial charge in [-0.25, -0.2) is 4.79 Å². The van der Waals surface area contributed by atoms with Crippen LogP contribution in [0.1, 0.15) is 5.69 Å². The van der Waals surface area contributed by atoms with Crippen molar-refractivity contribution < 1.29 is 0 Å². The molecule has 6 heteroatoms. The zero-order valence-electron chi connectivity index (χ0n) is 10.6. The highest BCUT2D eigenvalue weighted by atomic mass is 35.5. The van der Waals surface area contributed by atoms with Gasteiger partial charge in [0.2, 0.25) is 0 Å². The second-order valence-electron chi connectivity index (χ2n) is 4.09. The summed E-state index contributed by atoms with van der Waals surface area (Å²) in [5.41, 5.74) is 0.0677. The van der Waals surface area contributed by atoms with Crippen molar-refractivity contribution in [3.05, 3.63) is 61.9 Å². The fraction of sp³-hybridized carbons (Fsp3) is 0.231. The Morgan fingerprint density at radius 2 is 1.84 bits per heavy atom. The molecule has 0 radical (unpaired) electrons. The molecule has 0 aliphatic heterocycles. The van der Waals surface area contributed by atoms with Crippen LogP contribution >= 0.6 is 23.4 Å². The molecule has 0 spiro atoms. The average molecular weight is 297 g/mol. The standard InChI is InChI=1S/C13H13ClN2O2S/c1-15-9(7-12(17)16(2)13(15)18)8-19-11-6-4-3-5-10(11)14/h3-7H,8H2,1-2H3. The number of thioether (sulfide) groups is 1. The topological polar surface area (TPSA) is 44.0 Å². The van der Waals surface area contributed by atoms with E-state index >= 15 is 0 Å². The van der Waals surface area contributed by atoms with Crippen molar-refractivity contribution >= 4 is 23.4 Å². The molecular formula is C13H13ClN2O2S. The van der Waals surface area contributed by atoms with Crippen LogP contribution in [0.3, 0.4) is 0 Å². The molecule has 2 aromatic rings. The lowest BCUT2D eigenvalue weighted by molar-refractivity contribution is 0.665. The number of rotatable bonds is 3. The molecule has 0 atom stereocenters. The van der Waals surface area contributed by atoms with E-state index in [1.54, 1.807) is 7.05 Å². The van der Waals surface area contributed by atoms with Crippen LogP contribution in [0.4, 0.5) is 0 Å². The van der Waals surface area contributed by atoms with Crippen LogP contribution in [0.5, 0.6) is 0 Å². The smallest absolute Gasteiger partial charge is 0.300 e. The SMILES string of the molecule is Cn1c(CSc2ccccc2Cl)cc(=O)n(C)c1=O. The first kappa shape index (κ1) is 14.0. The van der Waals surface area contributed by atoms with Gasteiger partial charge in [-0.05, 0) is 12.1 Å². The van der Waals surface area contributed by atoms with Crippen molar-refractivity contribution in [2.75, 3.05) is 0 Å². The van der Waals surface area contributed by atoms with E-state index in [-0.39, 0.29) is 11.2 Å². The summed E-state index contributed by atoms with van der Waals surface area (Å²) in [6, 6.07) is 8.96. The molecular weight excluding hydrogens is 284 g/mol. The Labute approximate surface area is 119 Å². The summed E-state index contributed by atoms with van der Waals surface area (Å²) < 4.78 is 2.56. The molecule has 0 N–H and O–H groups in total. The minimum atomic E-state index is -0.317. The van der Waals surface area contributed by atoms with Crippen LogP contribution in [0.15, 0.2) is 44.8 Å². The van der Waals surface area contributed by atoms with Gasteiger partial charge in [0.15, 0.2) is 0 Å². The van der Waals surface area contributed by atoms with Gasteiger partial charge >= 0.3 is 5.69 Å². The van der Waals surface area contributed by atoms with Crippen LogP contribution in [0, 0.1) is 0 Å². The summed E-state index contributed by atoms with van der Waals surface area (Å²) in [5, 5.41) is 0.668. The number of aromatic nitrogens is 2. The van der Waals surface area contributed by atoms with Gasteiger partial charge in [0.25, 0.3) is 5.56 Å². The van der Waals surface area contributed by atoms with Crippen LogP contribution in [-0.2, 0) is 19.8 Å². The third-order valence-corrected chi connectivity index (χ3v) is 4.39. The van der Waals surface area contributed by atoms with E-state index in [2.05, 4.69) is 0 Å². The molecule has 100 valence electrons. The van der Waals surface area contributed by atoms with Crippen LogP contribution in [0.25, 0.3) is 0 Å². The quantitative estimate of drug-likeness (QED) is 0.814. The molecule has 19 heavy (non-hydrogen) atoms. The van der Waals surface area contributed by atoms with E-state index in [1.165, 1.54) is 29.4 Å². The number of nitrogens with zero attached hydrogens (tertiary/aromatic N) is 2. The molecule has 2 rings (SSSR count). The fourth-order valence-corrected chi connectivity index (χ4v) is 2.89. The number of hydrogen-bond acceptors (Lipinski definition) is 3. The maximum absolute atomic E-state index is 11.8. The van der Waals surface area contributed by atoms with Gasteiger partial charge in [-0.3, -0.25) is 13.9 Å². The van der Waals surface area contributed by atoms with E-state index in [9.17, 15) is 9.59 Å². The van der Waals surface area contributed by atoms with Gasteiger partial charge in [0.1, 0.15) is 0 Å². The Morgan fingerprint density at radius 3 is 2.53 bits per heavy atom. The molecule has 0 aliphatic rings. The summed E-state index contributed by atoms with van der Waals surface area (Å²) in [6.07, 6.45) is 0. The van der Waals surface area contributed by atoms with E-state index in [0.29, 0.717) is 16.5 Å². The maximum Gasteiger partial charge on any atom is 0.330 e. The van der Waals surface area contributed by atoms with Crippen molar-refractivity contribution in [2.45, 2.75) is 10.6 Å². The minimum absolute atomic E-state index is 0.294. The van der Waals surface area contributed by atoms with Gasteiger partial charge in [-0.15, -0.1) is 11.8 Å². The maximum atomic E-state index is 11.8. The third kappa shape index (κ3) is 2.93. The number of hydrogen-bond donors (Lipinski definition) is 0. The molecule has 0 aliphatic carbocycles. The normalized spacial score (nSPS) is 10.7. The second kappa shape index (κ2) is 5.67. The predicted molar refractivity (Wildman–Crippen MR) is 77.9 cm³/mol. The summed E-state index contributed by atoms with van der Waals surface area (Å²) in [7, 11) is 3.12. The van der Waals surface area contributed by atoms with E-state index in [0.717, 1.165) is 9.46 Å². The van der Waals surface area contributed by atoms with Crippen LogP contribution < -0.4 is 11.2 Å². The molecule has 4 nitrogen and oxygen atoms in total. The highest BCUT2D eigenvalue weighted by Crippen LogP contribution is 2.28. The summed E-state index contributed by atoms with van der Waals surface area (Å²) in [5.74, 6) is 0.519. The van der Waals surface area contributed by atoms with Crippen molar-refractivity contribution in [3.8, 4) is 0 Å². The Balaban J connectivity index is 2.29. The van der Waals surface area contributed by atoms with Crippen molar-refractivity contribution in [1.82, 2.24) is 9.13 Å². The van der Waals surface area contributed by atoms with Crippen LogP contribution in [0.2, 0.25) is 5.02 Å². The van der Waals surface area contributed by atoms with Gasteiger partial charge in [-0.1, -0.05) is 23.7 Å². The molecule has 1 aromatic carbocycles.